The van der Waals surface area contributed by atoms with Gasteiger partial charge in [0.25, 0.3) is 5.91 Å². The fourth-order valence-corrected chi connectivity index (χ4v) is 3.46. The number of hydrogen-bond acceptors (Lipinski definition) is 7. The van der Waals surface area contributed by atoms with Crippen LogP contribution >= 0.6 is 11.3 Å². The molecule has 8 nitrogen and oxygen atoms in total. The monoisotopic (exact) mass is 409 g/mol. The second-order valence-corrected chi connectivity index (χ2v) is 7.36. The van der Waals surface area contributed by atoms with Crippen LogP contribution in [0.2, 0.25) is 0 Å². The van der Waals surface area contributed by atoms with Crippen LogP contribution in [0.4, 0.5) is 5.13 Å². The average Bonchev–Trinajstić information content (AvgIpc) is 3.42. The van der Waals surface area contributed by atoms with E-state index in [4.69, 9.17) is 9.26 Å². The number of rotatable bonds is 6. The topological polar surface area (TPSA) is 95.1 Å². The van der Waals surface area contributed by atoms with Gasteiger partial charge in [-0.1, -0.05) is 22.9 Å². The van der Waals surface area contributed by atoms with Gasteiger partial charge in [0.05, 0.1) is 11.3 Å². The summed E-state index contributed by atoms with van der Waals surface area (Å²) in [6.45, 7) is 3.94. The smallest absolute Gasteiger partial charge is 0.280 e. The van der Waals surface area contributed by atoms with Gasteiger partial charge in [-0.3, -0.25) is 14.8 Å². The summed E-state index contributed by atoms with van der Waals surface area (Å²) in [5.74, 6) is 0.857. The molecule has 0 fully saturated rings. The van der Waals surface area contributed by atoms with E-state index in [1.807, 2.05) is 49.7 Å². The fraction of sp³-hybridized carbons (Fsp3) is 0.200. The van der Waals surface area contributed by atoms with E-state index in [1.165, 1.54) is 11.3 Å². The molecular formula is C20H19N5O3S. The van der Waals surface area contributed by atoms with Crippen molar-refractivity contribution in [2.45, 2.75) is 20.5 Å². The Kier molecular flexibility index (Phi) is 5.13. The summed E-state index contributed by atoms with van der Waals surface area (Å²) in [5.41, 5.74) is 3.54. The Labute approximate surface area is 171 Å². The molecule has 4 aromatic rings. The van der Waals surface area contributed by atoms with Crippen LogP contribution in [0.3, 0.4) is 0 Å². The molecule has 9 heteroatoms. The van der Waals surface area contributed by atoms with Crippen molar-refractivity contribution >= 4 is 22.4 Å². The summed E-state index contributed by atoms with van der Waals surface area (Å²) in [6, 6.07) is 9.56. The van der Waals surface area contributed by atoms with Gasteiger partial charge in [-0.15, -0.1) is 11.3 Å². The molecule has 0 bridgehead atoms. The molecule has 3 aromatic heterocycles. The lowest BCUT2D eigenvalue weighted by atomic mass is 10.2. The Morgan fingerprint density at radius 1 is 1.24 bits per heavy atom. The van der Waals surface area contributed by atoms with E-state index in [0.29, 0.717) is 22.2 Å². The van der Waals surface area contributed by atoms with Crippen LogP contribution in [-0.2, 0) is 13.7 Å². The second-order valence-electron chi connectivity index (χ2n) is 6.50. The molecule has 3 heterocycles. The predicted molar refractivity (Wildman–Crippen MR) is 109 cm³/mol. The molecule has 148 valence electrons. The number of aromatic nitrogens is 4. The zero-order valence-electron chi connectivity index (χ0n) is 16.2. The summed E-state index contributed by atoms with van der Waals surface area (Å²) >= 11 is 1.33. The highest BCUT2D eigenvalue weighted by molar-refractivity contribution is 7.14. The maximum atomic E-state index is 12.7. The maximum Gasteiger partial charge on any atom is 0.280 e. The third-order valence-electron chi connectivity index (χ3n) is 4.41. The Morgan fingerprint density at radius 3 is 2.76 bits per heavy atom. The minimum absolute atomic E-state index is 0.180. The van der Waals surface area contributed by atoms with Gasteiger partial charge in [0.15, 0.2) is 10.8 Å². The van der Waals surface area contributed by atoms with Crippen molar-refractivity contribution in [1.82, 2.24) is 19.9 Å². The third-order valence-corrected chi connectivity index (χ3v) is 5.17. The quantitative estimate of drug-likeness (QED) is 0.518. The van der Waals surface area contributed by atoms with Gasteiger partial charge in [-0.2, -0.15) is 5.10 Å². The van der Waals surface area contributed by atoms with Gasteiger partial charge < -0.3 is 9.26 Å². The lowest BCUT2D eigenvalue weighted by Gasteiger charge is -2.07. The normalized spacial score (nSPS) is 10.9. The van der Waals surface area contributed by atoms with E-state index in [-0.39, 0.29) is 12.3 Å². The first-order valence-corrected chi connectivity index (χ1v) is 9.79. The molecule has 0 unspecified atom stereocenters. The number of amides is 1. The van der Waals surface area contributed by atoms with Crippen LogP contribution < -0.4 is 10.1 Å². The van der Waals surface area contributed by atoms with E-state index in [2.05, 4.69) is 20.6 Å². The standard InChI is InChI=1S/C20H19N5O3S/c1-12-4-6-14(7-5-12)27-10-15-13(2)28-24-18(15)19(26)23-20-22-16(11-29-20)17-8-9-21-25(17)3/h4-9,11H,10H2,1-3H3,(H,22,23,26). The number of nitrogens with zero attached hydrogens (tertiary/aromatic N) is 4. The molecule has 0 saturated carbocycles. The molecule has 0 aliphatic heterocycles. The van der Waals surface area contributed by atoms with Crippen LogP contribution in [-0.4, -0.2) is 25.8 Å². The summed E-state index contributed by atoms with van der Waals surface area (Å²) in [5, 5.41) is 13.2. The SMILES string of the molecule is Cc1ccc(OCc2c(C(=O)Nc3nc(-c4ccnn4C)cs3)noc2C)cc1. The maximum absolute atomic E-state index is 12.7. The Balaban J connectivity index is 1.47. The first-order valence-electron chi connectivity index (χ1n) is 8.91. The molecule has 1 aromatic carbocycles. The van der Waals surface area contributed by atoms with Crippen molar-refractivity contribution in [3.05, 3.63) is 64.5 Å². The van der Waals surface area contributed by atoms with Gasteiger partial charge in [-0.25, -0.2) is 4.98 Å². The zero-order valence-corrected chi connectivity index (χ0v) is 17.0. The van der Waals surface area contributed by atoms with Crippen molar-refractivity contribution in [3.63, 3.8) is 0 Å². The fourth-order valence-electron chi connectivity index (χ4n) is 2.76. The van der Waals surface area contributed by atoms with Gasteiger partial charge in [0, 0.05) is 18.6 Å². The van der Waals surface area contributed by atoms with Gasteiger partial charge in [-0.05, 0) is 32.0 Å². The van der Waals surface area contributed by atoms with Gasteiger partial charge in [0.2, 0.25) is 0 Å². The first-order chi connectivity index (χ1) is 14.0. The molecule has 0 spiro atoms. The number of carbonyl (C=O) groups is 1. The summed E-state index contributed by atoms with van der Waals surface area (Å²) in [7, 11) is 1.84. The van der Waals surface area contributed by atoms with Crippen LogP contribution in [0.1, 0.15) is 27.4 Å². The van der Waals surface area contributed by atoms with Crippen LogP contribution in [0, 0.1) is 13.8 Å². The molecule has 4 rings (SSSR count). The van der Waals surface area contributed by atoms with E-state index in [0.717, 1.165) is 17.0 Å². The van der Waals surface area contributed by atoms with E-state index >= 15 is 0 Å². The molecule has 1 amide bonds. The average molecular weight is 409 g/mol. The minimum Gasteiger partial charge on any atom is -0.489 e. The van der Waals surface area contributed by atoms with Crippen LogP contribution in [0.25, 0.3) is 11.4 Å². The lowest BCUT2D eigenvalue weighted by Crippen LogP contribution is -2.15. The predicted octanol–water partition coefficient (Wildman–Crippen LogP) is 3.98. The molecule has 0 atom stereocenters. The third kappa shape index (κ3) is 4.04. The van der Waals surface area contributed by atoms with Crippen LogP contribution in [0.5, 0.6) is 5.75 Å². The van der Waals surface area contributed by atoms with E-state index < -0.39 is 5.91 Å². The minimum atomic E-state index is -0.393. The van der Waals surface area contributed by atoms with Crippen molar-refractivity contribution < 1.29 is 14.1 Å². The number of carbonyl (C=O) groups excluding carboxylic acids is 1. The summed E-state index contributed by atoms with van der Waals surface area (Å²) in [4.78, 5) is 17.2. The van der Waals surface area contributed by atoms with Crippen molar-refractivity contribution in [2.75, 3.05) is 5.32 Å². The molecule has 1 N–H and O–H groups in total. The molecule has 0 aliphatic rings. The van der Waals surface area contributed by atoms with E-state index in [1.54, 1.807) is 17.8 Å². The molecule has 0 saturated heterocycles. The van der Waals surface area contributed by atoms with Crippen LogP contribution in [0.15, 0.2) is 46.4 Å². The number of nitrogens with one attached hydrogen (secondary N) is 1. The summed E-state index contributed by atoms with van der Waals surface area (Å²) < 4.78 is 12.7. The molecule has 0 radical (unpaired) electrons. The Hall–Kier alpha value is -3.46. The number of benzene rings is 1. The largest absolute Gasteiger partial charge is 0.489 e. The van der Waals surface area contributed by atoms with Gasteiger partial charge in [0.1, 0.15) is 23.8 Å². The van der Waals surface area contributed by atoms with Crippen molar-refractivity contribution in [2.24, 2.45) is 7.05 Å². The first kappa shape index (κ1) is 18.9. The number of anilines is 1. The molecular weight excluding hydrogens is 390 g/mol. The highest BCUT2D eigenvalue weighted by Gasteiger charge is 2.21. The van der Waals surface area contributed by atoms with Crippen molar-refractivity contribution in [3.8, 4) is 17.1 Å². The van der Waals surface area contributed by atoms with Crippen molar-refractivity contribution in [1.29, 1.82) is 0 Å². The highest BCUT2D eigenvalue weighted by atomic mass is 32.1. The summed E-state index contributed by atoms with van der Waals surface area (Å²) in [6.07, 6.45) is 1.70. The number of thiazole rings is 1. The van der Waals surface area contributed by atoms with E-state index in [9.17, 15) is 4.79 Å². The number of aryl methyl sites for hydroxylation is 3. The Morgan fingerprint density at radius 2 is 2.03 bits per heavy atom. The van der Waals surface area contributed by atoms with Gasteiger partial charge >= 0.3 is 0 Å². The highest BCUT2D eigenvalue weighted by Crippen LogP contribution is 2.25. The molecule has 0 aliphatic carbocycles. The second kappa shape index (κ2) is 7.88. The number of ether oxygens (including phenoxy) is 1. The lowest BCUT2D eigenvalue weighted by molar-refractivity contribution is 0.101. The molecule has 29 heavy (non-hydrogen) atoms. The number of hydrogen-bond donors (Lipinski definition) is 1. The Bertz CT molecular complexity index is 1140. The zero-order chi connectivity index (χ0) is 20.4.